The number of furan rings is 3. The Bertz CT molecular complexity index is 8740. The molecule has 18 aromatic carbocycles. The first kappa shape index (κ1) is 94.6. The SMILES string of the molecule is CC1(C)OB(c2c(Cl)ccc3c2oc2ccccc23)OC1(C)C.CC1(C)OB(c2ccc(-c3ccc4ccccc4c3)cc2)OC1(C)C.Clc1ccc2c(oc3ccccc32)c1-c1nc(-c2ccccc2)nc(-c2ccccc2)n1.Clc1nc(-c2ccccc2)nc(-c2ccccc2)n1.c1ccc(-c2nc(-c3ccccc3)nc(-c3c(-c4ccc(-c5ccc6ccccc6c5)cc4)ccc4c3oc3ccccc34)n2)cc1. The van der Waals surface area contributed by atoms with Gasteiger partial charge in [-0.2, -0.15) is 9.97 Å². The summed E-state index contributed by atoms with van der Waals surface area (Å²) in [6, 6.07) is 143. The topological polar surface area (TPSA) is 192 Å². The van der Waals surface area contributed by atoms with Crippen LogP contribution in [0.25, 0.3) is 212 Å². The number of fused-ring (bicyclic) bond motifs is 11. The van der Waals surface area contributed by atoms with Crippen LogP contribution < -0.4 is 10.9 Å². The number of aromatic nitrogens is 9. The van der Waals surface area contributed by atoms with Gasteiger partial charge in [0.1, 0.15) is 33.5 Å². The van der Waals surface area contributed by atoms with E-state index in [0.717, 1.165) is 127 Å². The highest BCUT2D eigenvalue weighted by molar-refractivity contribution is 6.68. The number of nitrogens with zero attached hydrogens (tertiary/aromatic N) is 9. The summed E-state index contributed by atoms with van der Waals surface area (Å²) in [5.41, 5.74) is 18.8. The van der Waals surface area contributed by atoms with E-state index in [0.29, 0.717) is 67.8 Å². The number of hydrogen-bond donors (Lipinski definition) is 0. The summed E-state index contributed by atoms with van der Waals surface area (Å²) in [5, 5.41) is 12.5. The molecule has 2 aliphatic rings. The van der Waals surface area contributed by atoms with Crippen LogP contribution in [0.2, 0.25) is 15.3 Å². The molecule has 2 saturated heterocycles. The normalized spacial score (nSPS) is 13.8. The molecule has 0 bridgehead atoms. The van der Waals surface area contributed by atoms with Crippen molar-refractivity contribution in [3.05, 3.63) is 440 Å². The minimum Gasteiger partial charge on any atom is -0.456 e. The van der Waals surface area contributed by atoms with Gasteiger partial charge in [-0.25, -0.2) is 34.9 Å². The Morgan fingerprint density at radius 3 is 0.877 bits per heavy atom. The summed E-state index contributed by atoms with van der Waals surface area (Å²) in [6.07, 6.45) is 0. The maximum Gasteiger partial charge on any atom is 0.500 e. The third kappa shape index (κ3) is 19.3. The zero-order valence-corrected chi connectivity index (χ0v) is 83.4. The monoisotopic (exact) mass is 1960 g/mol. The smallest absolute Gasteiger partial charge is 0.456 e. The molecule has 0 radical (unpaired) electrons. The third-order valence-corrected chi connectivity index (χ3v) is 28.2. The van der Waals surface area contributed by atoms with Crippen molar-refractivity contribution >= 4 is 147 Å². The zero-order valence-electron chi connectivity index (χ0n) is 81.1. The lowest BCUT2D eigenvalue weighted by Gasteiger charge is -2.32. The molecule has 24 aromatic rings. The number of hydrogen-bond acceptors (Lipinski definition) is 16. The molecule has 0 spiro atoms. The van der Waals surface area contributed by atoms with E-state index in [4.69, 9.17) is 96.6 Å². The van der Waals surface area contributed by atoms with Crippen LogP contribution in [0.15, 0.2) is 438 Å². The molecule has 0 N–H and O–H groups in total. The van der Waals surface area contributed by atoms with E-state index in [9.17, 15) is 0 Å². The van der Waals surface area contributed by atoms with Gasteiger partial charge in [-0.05, 0) is 188 Å². The first-order valence-corrected chi connectivity index (χ1v) is 49.5. The largest absolute Gasteiger partial charge is 0.500 e. The highest BCUT2D eigenvalue weighted by atomic mass is 35.5. The first-order chi connectivity index (χ1) is 71.0. The Morgan fingerprint density at radius 1 is 0.205 bits per heavy atom. The molecule has 8 heterocycles. The molecule has 0 saturated carbocycles. The Labute approximate surface area is 860 Å². The van der Waals surface area contributed by atoms with Gasteiger partial charge in [-0.15, -0.1) is 0 Å². The Morgan fingerprint density at radius 2 is 0.486 bits per heavy atom. The van der Waals surface area contributed by atoms with Crippen molar-refractivity contribution in [2.45, 2.75) is 77.8 Å². The van der Waals surface area contributed by atoms with Gasteiger partial charge < -0.3 is 31.9 Å². The number of halogens is 3. The Balaban J connectivity index is 0.000000108. The second-order valence-corrected chi connectivity index (χ2v) is 39.0. The van der Waals surface area contributed by atoms with Gasteiger partial charge >= 0.3 is 14.2 Å². The fourth-order valence-corrected chi connectivity index (χ4v) is 18.8. The number of benzene rings is 18. The van der Waals surface area contributed by atoms with E-state index in [1.807, 2.05) is 301 Å². The van der Waals surface area contributed by atoms with Crippen molar-refractivity contribution in [2.24, 2.45) is 0 Å². The molecular weight excluding hydrogens is 1870 g/mol. The van der Waals surface area contributed by atoms with E-state index in [-0.39, 0.29) is 23.6 Å². The van der Waals surface area contributed by atoms with Crippen molar-refractivity contribution in [2.75, 3.05) is 0 Å². The van der Waals surface area contributed by atoms with Crippen molar-refractivity contribution < 1.29 is 31.9 Å². The molecule has 146 heavy (non-hydrogen) atoms. The second-order valence-electron chi connectivity index (χ2n) is 37.9. The summed E-state index contributed by atoms with van der Waals surface area (Å²) in [7, 11) is -0.854. The molecule has 16 nitrogen and oxygen atoms in total. The van der Waals surface area contributed by atoms with E-state index < -0.39 is 18.3 Å². The second kappa shape index (κ2) is 40.2. The molecule has 708 valence electrons. The summed E-state index contributed by atoms with van der Waals surface area (Å²) < 4.78 is 43.5. The molecule has 0 aliphatic carbocycles. The maximum atomic E-state index is 6.70. The van der Waals surface area contributed by atoms with Crippen LogP contribution in [0.1, 0.15) is 55.4 Å². The predicted molar refractivity (Wildman–Crippen MR) is 595 cm³/mol. The van der Waals surface area contributed by atoms with Crippen molar-refractivity contribution in [1.29, 1.82) is 0 Å². The van der Waals surface area contributed by atoms with Crippen LogP contribution in [0.3, 0.4) is 0 Å². The van der Waals surface area contributed by atoms with Gasteiger partial charge in [0, 0.05) is 76.2 Å². The fourth-order valence-electron chi connectivity index (χ4n) is 18.2. The average molecular weight is 1960 g/mol. The van der Waals surface area contributed by atoms with Crippen LogP contribution >= 0.6 is 34.8 Å². The van der Waals surface area contributed by atoms with Crippen LogP contribution in [0, 0.1) is 0 Å². The first-order valence-electron chi connectivity index (χ1n) is 48.4. The minimum absolute atomic E-state index is 0.202. The predicted octanol–water partition coefficient (Wildman–Crippen LogP) is 31.9. The van der Waals surface area contributed by atoms with E-state index in [2.05, 4.69) is 194 Å². The van der Waals surface area contributed by atoms with Gasteiger partial charge in [0.15, 0.2) is 46.6 Å². The van der Waals surface area contributed by atoms with Crippen LogP contribution in [0.5, 0.6) is 0 Å². The summed E-state index contributed by atoms with van der Waals surface area (Å²) in [6.45, 7) is 16.4. The van der Waals surface area contributed by atoms with Gasteiger partial charge in [0.2, 0.25) is 5.28 Å². The molecular formula is C125H94B2Cl3N9O7. The maximum absolute atomic E-state index is 6.70. The average Bonchev–Trinajstić information content (AvgIpc) is 1.60. The Hall–Kier alpha value is -16.3. The lowest BCUT2D eigenvalue weighted by Crippen LogP contribution is -2.41. The molecule has 2 fully saturated rings. The lowest BCUT2D eigenvalue weighted by atomic mass is 9.78. The van der Waals surface area contributed by atoms with Crippen molar-refractivity contribution in [1.82, 2.24) is 44.9 Å². The quantitative estimate of drug-likeness (QED) is 0.0989. The highest BCUT2D eigenvalue weighted by Gasteiger charge is 2.54. The van der Waals surface area contributed by atoms with Crippen molar-refractivity contribution in [3.8, 4) is 124 Å². The molecule has 0 amide bonds. The zero-order chi connectivity index (χ0) is 99.8. The van der Waals surface area contributed by atoms with Gasteiger partial charge in [0.25, 0.3) is 0 Å². The van der Waals surface area contributed by atoms with E-state index in [1.54, 1.807) is 0 Å². The molecule has 26 rings (SSSR count). The van der Waals surface area contributed by atoms with Crippen molar-refractivity contribution in [3.63, 3.8) is 0 Å². The molecule has 0 atom stereocenters. The third-order valence-electron chi connectivity index (χ3n) is 27.4. The highest BCUT2D eigenvalue weighted by Crippen LogP contribution is 2.47. The summed E-state index contributed by atoms with van der Waals surface area (Å²) in [4.78, 5) is 42.4. The molecule has 21 heteroatoms. The van der Waals surface area contributed by atoms with Crippen LogP contribution in [-0.2, 0) is 18.6 Å². The molecule has 0 unspecified atom stereocenters. The standard InChI is InChI=1S/C43H27N3O.C27H16ClN3O.C22H23BO2.C18H18BClO3.C15H10ClN3/c1-3-12-31(13-4-1)41-44-42(32-14-5-2-6-15-32)46-43(45-41)39-35(25-26-37-36-17-9-10-18-38(36)47-40(37)39)30-22-19-29(20-23-30)34-24-21-28-11-7-8-16-33(28)27-34;28-21-16-15-20-19-13-7-8-14-22(19)32-24(20)23(21)27-30-25(17-9-3-1-4-10-17)29-26(31-27)18-11-5-2-6-12-18;1-21(2)22(3,4)25-23(24-21)20-13-11-17(12-14-20)19-10-9-16-7-5-6-8-18(16)15-19;1-17(2)18(3,4)23-19(22-17)15-13(20)10-9-12-11-7-5-6-8-14(11)21-16(12)15;16-15-18-13(11-7-3-1-4-8-11)17-14(19-15)12-9-5-2-6-10-12/h1-27H;1-16H;5-15H,1-4H3;5-10H,1-4H3;1-10H. The summed E-state index contributed by atoms with van der Waals surface area (Å²) >= 11 is 19.2. The van der Waals surface area contributed by atoms with Gasteiger partial charge in [-0.1, -0.05) is 387 Å². The fraction of sp³-hybridized carbons (Fsp3) is 0.0960. The summed E-state index contributed by atoms with van der Waals surface area (Å²) in [5.74, 6) is 4.60. The number of para-hydroxylation sites is 3. The van der Waals surface area contributed by atoms with Gasteiger partial charge in [0.05, 0.1) is 38.6 Å². The van der Waals surface area contributed by atoms with E-state index in [1.165, 1.54) is 38.2 Å². The molecule has 2 aliphatic heterocycles. The Kier molecular flexibility index (Phi) is 26.0. The van der Waals surface area contributed by atoms with Crippen LogP contribution in [-0.4, -0.2) is 81.5 Å². The minimum atomic E-state index is -0.545. The lowest BCUT2D eigenvalue weighted by molar-refractivity contribution is 0.00578. The van der Waals surface area contributed by atoms with E-state index >= 15 is 0 Å². The number of rotatable bonds is 13. The van der Waals surface area contributed by atoms with Gasteiger partial charge in [-0.3, -0.25) is 0 Å². The van der Waals surface area contributed by atoms with Crippen LogP contribution in [0.4, 0.5) is 0 Å². The molecule has 6 aromatic heterocycles.